The van der Waals surface area contributed by atoms with E-state index < -0.39 is 0 Å². The second-order valence-corrected chi connectivity index (χ2v) is 6.66. The van der Waals surface area contributed by atoms with Crippen LogP contribution in [0.15, 0.2) is 41.9 Å². The van der Waals surface area contributed by atoms with Gasteiger partial charge in [-0.1, -0.05) is 54.4 Å². The highest BCUT2D eigenvalue weighted by atomic mass is 35.5. The van der Waals surface area contributed by atoms with Gasteiger partial charge in [0, 0.05) is 17.1 Å². The highest BCUT2D eigenvalue weighted by Crippen LogP contribution is 2.26. The normalized spacial score (nSPS) is 10.6. The SMILES string of the molecule is CCc1ccc(-c2csc(NC(=O)c3cnc(Cl)c(Cl)c3)n2)cc1. The van der Waals surface area contributed by atoms with Gasteiger partial charge in [-0.25, -0.2) is 9.97 Å². The highest BCUT2D eigenvalue weighted by Gasteiger charge is 2.12. The molecule has 0 fully saturated rings. The number of nitrogens with zero attached hydrogens (tertiary/aromatic N) is 2. The number of amides is 1. The summed E-state index contributed by atoms with van der Waals surface area (Å²) in [5.74, 6) is -0.330. The molecule has 24 heavy (non-hydrogen) atoms. The van der Waals surface area contributed by atoms with Crippen LogP contribution in [-0.2, 0) is 6.42 Å². The van der Waals surface area contributed by atoms with Gasteiger partial charge in [0.05, 0.1) is 16.3 Å². The summed E-state index contributed by atoms with van der Waals surface area (Å²) in [6.45, 7) is 2.11. The Morgan fingerprint density at radius 1 is 1.25 bits per heavy atom. The summed E-state index contributed by atoms with van der Waals surface area (Å²) in [6, 6.07) is 9.69. The van der Waals surface area contributed by atoms with Gasteiger partial charge in [-0.2, -0.15) is 0 Å². The topological polar surface area (TPSA) is 54.9 Å². The molecule has 0 atom stereocenters. The van der Waals surface area contributed by atoms with Gasteiger partial charge in [0.1, 0.15) is 5.15 Å². The maximum Gasteiger partial charge on any atom is 0.259 e. The first-order valence-corrected chi connectivity index (χ1v) is 8.87. The van der Waals surface area contributed by atoms with E-state index in [2.05, 4.69) is 34.3 Å². The Hall–Kier alpha value is -1.95. The largest absolute Gasteiger partial charge is 0.298 e. The van der Waals surface area contributed by atoms with Crippen LogP contribution < -0.4 is 5.32 Å². The molecule has 7 heteroatoms. The van der Waals surface area contributed by atoms with Gasteiger partial charge in [-0.15, -0.1) is 11.3 Å². The van der Waals surface area contributed by atoms with E-state index in [-0.39, 0.29) is 16.1 Å². The number of pyridine rings is 1. The number of thiazole rings is 1. The zero-order valence-corrected chi connectivity index (χ0v) is 15.0. The molecule has 0 saturated carbocycles. The Bertz CT molecular complexity index is 878. The number of nitrogens with one attached hydrogen (secondary N) is 1. The lowest BCUT2D eigenvalue weighted by molar-refractivity contribution is 0.102. The van der Waals surface area contributed by atoms with E-state index in [9.17, 15) is 4.79 Å². The van der Waals surface area contributed by atoms with Gasteiger partial charge in [0.15, 0.2) is 5.13 Å². The van der Waals surface area contributed by atoms with Gasteiger partial charge in [0.2, 0.25) is 0 Å². The predicted octanol–water partition coefficient (Wildman–Crippen LogP) is 5.33. The van der Waals surface area contributed by atoms with Crippen LogP contribution in [0.3, 0.4) is 0 Å². The van der Waals surface area contributed by atoms with Crippen molar-refractivity contribution in [3.63, 3.8) is 0 Å². The molecule has 1 aromatic carbocycles. The minimum Gasteiger partial charge on any atom is -0.298 e. The molecule has 0 aliphatic rings. The summed E-state index contributed by atoms with van der Waals surface area (Å²) in [7, 11) is 0. The Labute approximate surface area is 153 Å². The van der Waals surface area contributed by atoms with Crippen molar-refractivity contribution in [1.82, 2.24) is 9.97 Å². The molecule has 3 aromatic rings. The lowest BCUT2D eigenvalue weighted by atomic mass is 10.1. The summed E-state index contributed by atoms with van der Waals surface area (Å²) < 4.78 is 0. The summed E-state index contributed by atoms with van der Waals surface area (Å²) in [5, 5.41) is 5.57. The second-order valence-electron chi connectivity index (χ2n) is 5.04. The van der Waals surface area contributed by atoms with E-state index in [4.69, 9.17) is 23.2 Å². The van der Waals surface area contributed by atoms with E-state index in [1.54, 1.807) is 0 Å². The van der Waals surface area contributed by atoms with Crippen molar-refractivity contribution in [2.24, 2.45) is 0 Å². The van der Waals surface area contributed by atoms with Crippen molar-refractivity contribution in [3.8, 4) is 11.3 Å². The van der Waals surface area contributed by atoms with E-state index in [1.165, 1.54) is 29.2 Å². The third-order valence-electron chi connectivity index (χ3n) is 3.44. The minimum absolute atomic E-state index is 0.167. The lowest BCUT2D eigenvalue weighted by Gasteiger charge is -2.03. The zero-order chi connectivity index (χ0) is 17.1. The standard InChI is InChI=1S/C17H13Cl2N3OS/c1-2-10-3-5-11(6-4-10)14-9-24-17(21-14)22-16(23)12-7-13(18)15(19)20-8-12/h3-9H,2H2,1H3,(H,21,22,23). The van der Waals surface area contributed by atoms with Crippen LogP contribution >= 0.6 is 34.5 Å². The van der Waals surface area contributed by atoms with Crippen LogP contribution in [0.25, 0.3) is 11.3 Å². The molecule has 0 aliphatic heterocycles. The summed E-state index contributed by atoms with van der Waals surface area (Å²) in [4.78, 5) is 20.5. The Morgan fingerprint density at radius 3 is 2.67 bits per heavy atom. The van der Waals surface area contributed by atoms with E-state index >= 15 is 0 Å². The molecule has 3 rings (SSSR count). The van der Waals surface area contributed by atoms with E-state index in [1.807, 2.05) is 17.5 Å². The highest BCUT2D eigenvalue weighted by molar-refractivity contribution is 7.14. The smallest absolute Gasteiger partial charge is 0.259 e. The first-order valence-electron chi connectivity index (χ1n) is 7.24. The summed E-state index contributed by atoms with van der Waals surface area (Å²) in [6.07, 6.45) is 2.37. The van der Waals surface area contributed by atoms with Crippen LogP contribution in [0.2, 0.25) is 10.2 Å². The molecule has 0 unspecified atom stereocenters. The molecule has 4 nitrogen and oxygen atoms in total. The van der Waals surface area contributed by atoms with Gasteiger partial charge in [-0.3, -0.25) is 10.1 Å². The Kier molecular flexibility index (Phi) is 5.14. The fourth-order valence-electron chi connectivity index (χ4n) is 2.09. The number of hydrogen-bond donors (Lipinski definition) is 1. The van der Waals surface area contributed by atoms with Gasteiger partial charge >= 0.3 is 0 Å². The molecule has 1 amide bonds. The Balaban J connectivity index is 1.75. The summed E-state index contributed by atoms with van der Waals surface area (Å²) in [5.41, 5.74) is 3.44. The number of anilines is 1. The zero-order valence-electron chi connectivity index (χ0n) is 12.7. The number of rotatable bonds is 4. The van der Waals surface area contributed by atoms with Crippen molar-refractivity contribution in [1.29, 1.82) is 0 Å². The third-order valence-corrected chi connectivity index (χ3v) is 4.88. The first-order chi connectivity index (χ1) is 11.6. The number of aromatic nitrogens is 2. The molecule has 122 valence electrons. The van der Waals surface area contributed by atoms with Crippen LogP contribution in [0.4, 0.5) is 5.13 Å². The summed E-state index contributed by atoms with van der Waals surface area (Å²) >= 11 is 13.0. The molecule has 0 aliphatic carbocycles. The molecule has 0 bridgehead atoms. The quantitative estimate of drug-likeness (QED) is 0.625. The number of carbonyl (C=O) groups excluding carboxylic acids is 1. The number of aryl methyl sites for hydroxylation is 1. The molecule has 0 radical (unpaired) electrons. The number of hydrogen-bond acceptors (Lipinski definition) is 4. The second kappa shape index (κ2) is 7.30. The molecule has 0 saturated heterocycles. The molecule has 2 aromatic heterocycles. The monoisotopic (exact) mass is 377 g/mol. The maximum absolute atomic E-state index is 12.2. The van der Waals surface area contributed by atoms with Crippen molar-refractivity contribution in [3.05, 3.63) is 63.2 Å². The number of carbonyl (C=O) groups is 1. The lowest BCUT2D eigenvalue weighted by Crippen LogP contribution is -2.12. The maximum atomic E-state index is 12.2. The number of benzene rings is 1. The van der Waals surface area contributed by atoms with E-state index in [0.717, 1.165) is 17.7 Å². The van der Waals surface area contributed by atoms with Crippen LogP contribution in [0, 0.1) is 0 Å². The van der Waals surface area contributed by atoms with Crippen molar-refractivity contribution in [2.75, 3.05) is 5.32 Å². The molecule has 0 spiro atoms. The average molecular weight is 378 g/mol. The minimum atomic E-state index is -0.330. The molecular weight excluding hydrogens is 365 g/mol. The van der Waals surface area contributed by atoms with Gasteiger partial charge < -0.3 is 0 Å². The van der Waals surface area contributed by atoms with E-state index in [0.29, 0.717) is 10.7 Å². The fourth-order valence-corrected chi connectivity index (χ4v) is 3.07. The van der Waals surface area contributed by atoms with Crippen molar-refractivity contribution >= 4 is 45.6 Å². The molecular formula is C17H13Cl2N3OS. The number of halogens is 2. The Morgan fingerprint density at radius 2 is 2.00 bits per heavy atom. The first kappa shape index (κ1) is 16.9. The van der Waals surface area contributed by atoms with Crippen LogP contribution in [-0.4, -0.2) is 15.9 Å². The predicted molar refractivity (Wildman–Crippen MR) is 99.1 cm³/mol. The average Bonchev–Trinajstić information content (AvgIpc) is 3.06. The third kappa shape index (κ3) is 3.75. The van der Waals surface area contributed by atoms with Crippen LogP contribution in [0.1, 0.15) is 22.8 Å². The van der Waals surface area contributed by atoms with Crippen molar-refractivity contribution < 1.29 is 4.79 Å². The molecule has 1 N–H and O–H groups in total. The van der Waals surface area contributed by atoms with Crippen molar-refractivity contribution in [2.45, 2.75) is 13.3 Å². The van der Waals surface area contributed by atoms with Gasteiger partial charge in [-0.05, 0) is 18.1 Å². The van der Waals surface area contributed by atoms with Gasteiger partial charge in [0.25, 0.3) is 5.91 Å². The molecule has 2 heterocycles. The van der Waals surface area contributed by atoms with Crippen LogP contribution in [0.5, 0.6) is 0 Å². The fraction of sp³-hybridized carbons (Fsp3) is 0.118.